The lowest BCUT2D eigenvalue weighted by Crippen LogP contribution is -2.38. The second kappa shape index (κ2) is 6.80. The molecule has 4 heteroatoms. The highest BCUT2D eigenvalue weighted by atomic mass is 16.5. The Bertz CT molecular complexity index is 189. The first-order chi connectivity index (χ1) is 7.18. The Hall–Kier alpha value is -0.610. The predicted molar refractivity (Wildman–Crippen MR) is 59.7 cm³/mol. The summed E-state index contributed by atoms with van der Waals surface area (Å²) in [6, 6.07) is 0. The summed E-state index contributed by atoms with van der Waals surface area (Å²) in [6.07, 6.45) is 2.56. The van der Waals surface area contributed by atoms with Gasteiger partial charge in [-0.05, 0) is 18.8 Å². The van der Waals surface area contributed by atoms with Crippen molar-refractivity contribution in [3.63, 3.8) is 0 Å². The first kappa shape index (κ1) is 12.5. The molecule has 1 unspecified atom stereocenters. The van der Waals surface area contributed by atoms with Gasteiger partial charge in [-0.1, -0.05) is 13.8 Å². The summed E-state index contributed by atoms with van der Waals surface area (Å²) in [7, 11) is 0. The van der Waals surface area contributed by atoms with Crippen LogP contribution in [0.2, 0.25) is 0 Å². The van der Waals surface area contributed by atoms with Gasteiger partial charge in [0.2, 0.25) is 5.91 Å². The lowest BCUT2D eigenvalue weighted by molar-refractivity contribution is -0.120. The van der Waals surface area contributed by atoms with Crippen molar-refractivity contribution in [1.29, 1.82) is 0 Å². The number of carbonyl (C=O) groups excluding carboxylic acids is 1. The van der Waals surface area contributed by atoms with Gasteiger partial charge in [-0.15, -0.1) is 0 Å². The molecule has 0 aliphatic carbocycles. The summed E-state index contributed by atoms with van der Waals surface area (Å²) < 4.78 is 5.44. The Balaban J connectivity index is 1.96. The van der Waals surface area contributed by atoms with E-state index in [9.17, 15) is 4.79 Å². The molecule has 4 nitrogen and oxygen atoms in total. The molecular formula is C11H22N2O2. The van der Waals surface area contributed by atoms with E-state index < -0.39 is 0 Å². The number of hydrogen-bond acceptors (Lipinski definition) is 3. The van der Waals surface area contributed by atoms with Gasteiger partial charge in [0.25, 0.3) is 0 Å². The number of nitrogens with one attached hydrogen (secondary N) is 2. The third-order valence-electron chi connectivity index (χ3n) is 2.39. The number of carbonyl (C=O) groups is 1. The van der Waals surface area contributed by atoms with Crippen molar-refractivity contribution in [3.05, 3.63) is 0 Å². The maximum Gasteiger partial charge on any atom is 0.233 e. The number of rotatable bonds is 6. The van der Waals surface area contributed by atoms with E-state index in [1.165, 1.54) is 0 Å². The highest BCUT2D eigenvalue weighted by Crippen LogP contribution is 2.10. The molecule has 0 aromatic heterocycles. The predicted octanol–water partition coefficient (Wildman–Crippen LogP) is 0.527. The van der Waals surface area contributed by atoms with Crippen molar-refractivity contribution in [1.82, 2.24) is 10.6 Å². The number of ether oxygens (including phenoxy) is 1. The van der Waals surface area contributed by atoms with Gasteiger partial charge >= 0.3 is 0 Å². The van der Waals surface area contributed by atoms with Gasteiger partial charge in [0, 0.05) is 19.7 Å². The molecule has 2 N–H and O–H groups in total. The van der Waals surface area contributed by atoms with Crippen molar-refractivity contribution in [2.24, 2.45) is 5.92 Å². The van der Waals surface area contributed by atoms with E-state index >= 15 is 0 Å². The molecule has 1 aliphatic heterocycles. The molecule has 0 spiro atoms. The molecule has 1 amide bonds. The standard InChI is InChI=1S/C11H22N2O2/c1-9(2)6-13-11(14)8-12-7-10-4-3-5-15-10/h9-10,12H,3-8H2,1-2H3,(H,13,14). The molecule has 1 fully saturated rings. The van der Waals surface area contributed by atoms with E-state index in [2.05, 4.69) is 24.5 Å². The Labute approximate surface area is 91.8 Å². The van der Waals surface area contributed by atoms with Crippen molar-refractivity contribution < 1.29 is 9.53 Å². The molecule has 0 aromatic rings. The van der Waals surface area contributed by atoms with Crippen LogP contribution in [-0.4, -0.2) is 38.3 Å². The molecule has 1 atom stereocenters. The summed E-state index contributed by atoms with van der Waals surface area (Å²) in [5, 5.41) is 5.98. The zero-order valence-electron chi connectivity index (χ0n) is 9.71. The van der Waals surface area contributed by atoms with Crippen LogP contribution in [0.1, 0.15) is 26.7 Å². The molecular weight excluding hydrogens is 192 g/mol. The van der Waals surface area contributed by atoms with Crippen molar-refractivity contribution in [2.45, 2.75) is 32.8 Å². The maximum atomic E-state index is 11.3. The zero-order valence-corrected chi connectivity index (χ0v) is 9.71. The molecule has 0 bridgehead atoms. The molecule has 1 heterocycles. The largest absolute Gasteiger partial charge is 0.377 e. The lowest BCUT2D eigenvalue weighted by atomic mass is 10.2. The van der Waals surface area contributed by atoms with E-state index in [0.717, 1.165) is 32.5 Å². The van der Waals surface area contributed by atoms with Crippen LogP contribution in [0, 0.1) is 5.92 Å². The summed E-state index contributed by atoms with van der Waals surface area (Å²) in [5.41, 5.74) is 0. The Morgan fingerprint density at radius 3 is 2.93 bits per heavy atom. The van der Waals surface area contributed by atoms with E-state index in [4.69, 9.17) is 4.74 Å². The van der Waals surface area contributed by atoms with Gasteiger partial charge in [-0.2, -0.15) is 0 Å². The fraction of sp³-hybridized carbons (Fsp3) is 0.909. The fourth-order valence-corrected chi connectivity index (χ4v) is 1.53. The molecule has 0 aromatic carbocycles. The second-order valence-electron chi connectivity index (χ2n) is 4.46. The van der Waals surface area contributed by atoms with Crippen molar-refractivity contribution >= 4 is 5.91 Å². The van der Waals surface area contributed by atoms with Crippen LogP contribution in [0.3, 0.4) is 0 Å². The normalized spacial score (nSPS) is 20.9. The van der Waals surface area contributed by atoms with Crippen LogP contribution in [0.15, 0.2) is 0 Å². The molecule has 15 heavy (non-hydrogen) atoms. The van der Waals surface area contributed by atoms with Crippen LogP contribution in [0.5, 0.6) is 0 Å². The lowest BCUT2D eigenvalue weighted by Gasteiger charge is -2.11. The van der Waals surface area contributed by atoms with Crippen LogP contribution in [-0.2, 0) is 9.53 Å². The average molecular weight is 214 g/mol. The number of amides is 1. The smallest absolute Gasteiger partial charge is 0.233 e. The summed E-state index contributed by atoms with van der Waals surface area (Å²) in [6.45, 7) is 6.97. The van der Waals surface area contributed by atoms with Gasteiger partial charge in [-0.3, -0.25) is 4.79 Å². The molecule has 0 saturated carbocycles. The minimum atomic E-state index is 0.0710. The molecule has 88 valence electrons. The summed E-state index contributed by atoms with van der Waals surface area (Å²) in [4.78, 5) is 11.3. The van der Waals surface area contributed by atoms with Crippen LogP contribution >= 0.6 is 0 Å². The second-order valence-corrected chi connectivity index (χ2v) is 4.46. The zero-order chi connectivity index (χ0) is 11.1. The monoisotopic (exact) mass is 214 g/mol. The van der Waals surface area contributed by atoms with Crippen molar-refractivity contribution in [2.75, 3.05) is 26.2 Å². The average Bonchev–Trinajstić information content (AvgIpc) is 2.67. The van der Waals surface area contributed by atoms with E-state index in [1.54, 1.807) is 0 Å². The van der Waals surface area contributed by atoms with Crippen LogP contribution < -0.4 is 10.6 Å². The van der Waals surface area contributed by atoms with Gasteiger partial charge in [-0.25, -0.2) is 0 Å². The SMILES string of the molecule is CC(C)CNC(=O)CNCC1CCCO1. The van der Waals surface area contributed by atoms with Gasteiger partial charge in [0.05, 0.1) is 12.6 Å². The third kappa shape index (κ3) is 5.74. The molecule has 0 radical (unpaired) electrons. The van der Waals surface area contributed by atoms with Crippen LogP contribution in [0.4, 0.5) is 0 Å². The van der Waals surface area contributed by atoms with E-state index in [1.807, 2.05) is 0 Å². The fourth-order valence-electron chi connectivity index (χ4n) is 1.53. The van der Waals surface area contributed by atoms with Crippen molar-refractivity contribution in [3.8, 4) is 0 Å². The minimum Gasteiger partial charge on any atom is -0.377 e. The van der Waals surface area contributed by atoms with E-state index in [-0.39, 0.29) is 5.91 Å². The summed E-state index contributed by atoms with van der Waals surface area (Å²) >= 11 is 0. The van der Waals surface area contributed by atoms with E-state index in [0.29, 0.717) is 18.6 Å². The van der Waals surface area contributed by atoms with Gasteiger partial charge in [0.1, 0.15) is 0 Å². The molecule has 1 rings (SSSR count). The first-order valence-corrected chi connectivity index (χ1v) is 5.77. The first-order valence-electron chi connectivity index (χ1n) is 5.77. The maximum absolute atomic E-state index is 11.3. The quantitative estimate of drug-likeness (QED) is 0.678. The summed E-state index contributed by atoms with van der Waals surface area (Å²) in [5.74, 6) is 0.578. The Morgan fingerprint density at radius 1 is 1.53 bits per heavy atom. The molecule has 1 saturated heterocycles. The highest BCUT2D eigenvalue weighted by molar-refractivity contribution is 5.77. The number of hydrogen-bond donors (Lipinski definition) is 2. The third-order valence-corrected chi connectivity index (χ3v) is 2.39. The Morgan fingerprint density at radius 2 is 2.33 bits per heavy atom. The van der Waals surface area contributed by atoms with Gasteiger partial charge < -0.3 is 15.4 Å². The highest BCUT2D eigenvalue weighted by Gasteiger charge is 2.14. The Kier molecular flexibility index (Phi) is 5.65. The minimum absolute atomic E-state index is 0.0710. The topological polar surface area (TPSA) is 50.4 Å². The molecule has 1 aliphatic rings. The van der Waals surface area contributed by atoms with Gasteiger partial charge in [0.15, 0.2) is 0 Å². The van der Waals surface area contributed by atoms with Crippen LogP contribution in [0.25, 0.3) is 0 Å².